The van der Waals surface area contributed by atoms with Crippen LogP contribution in [0.5, 0.6) is 5.75 Å². The van der Waals surface area contributed by atoms with E-state index in [0.29, 0.717) is 42.9 Å². The van der Waals surface area contributed by atoms with E-state index in [1.807, 2.05) is 0 Å². The van der Waals surface area contributed by atoms with Crippen LogP contribution in [0.3, 0.4) is 0 Å². The third-order valence-corrected chi connectivity index (χ3v) is 3.29. The lowest BCUT2D eigenvalue weighted by atomic mass is 10.2. The lowest BCUT2D eigenvalue weighted by Gasteiger charge is -2.10. The third kappa shape index (κ3) is 4.73. The molecule has 0 heterocycles. The Morgan fingerprint density at radius 1 is 1.32 bits per heavy atom. The fraction of sp³-hybridized carbons (Fsp3) is 0.385. The zero-order valence-electron chi connectivity index (χ0n) is 10.4. The lowest BCUT2D eigenvalue weighted by Crippen LogP contribution is -2.04. The highest BCUT2D eigenvalue weighted by atomic mass is 35.5. The first kappa shape index (κ1) is 15.8. The molecule has 1 aromatic rings. The minimum absolute atomic E-state index is 0.184. The van der Waals surface area contributed by atoms with Gasteiger partial charge < -0.3 is 9.47 Å². The number of benzene rings is 1. The Balaban J connectivity index is 2.48. The first-order valence-corrected chi connectivity index (χ1v) is 6.48. The number of carbonyl (C=O) groups is 2. The minimum Gasteiger partial charge on any atom is -0.493 e. The van der Waals surface area contributed by atoms with Crippen molar-refractivity contribution in [2.24, 2.45) is 0 Å². The van der Waals surface area contributed by atoms with Gasteiger partial charge in [-0.05, 0) is 25.0 Å². The lowest BCUT2D eigenvalue weighted by molar-refractivity contribution is -0.140. The number of hydrogen-bond acceptors (Lipinski definition) is 4. The summed E-state index contributed by atoms with van der Waals surface area (Å²) in [5.74, 6) is 0.144. The van der Waals surface area contributed by atoms with Crippen LogP contribution in [-0.4, -0.2) is 26.0 Å². The summed E-state index contributed by atoms with van der Waals surface area (Å²) >= 11 is 11.7. The number of esters is 1. The van der Waals surface area contributed by atoms with Crippen LogP contribution in [0.4, 0.5) is 0 Å². The summed E-state index contributed by atoms with van der Waals surface area (Å²) < 4.78 is 9.98. The van der Waals surface area contributed by atoms with Crippen molar-refractivity contribution in [1.82, 2.24) is 0 Å². The first-order chi connectivity index (χ1) is 9.10. The van der Waals surface area contributed by atoms with Gasteiger partial charge >= 0.3 is 5.97 Å². The second kappa shape index (κ2) is 8.02. The summed E-state index contributed by atoms with van der Waals surface area (Å²) in [6, 6.07) is 3.17. The fourth-order valence-corrected chi connectivity index (χ4v) is 1.81. The molecule has 19 heavy (non-hydrogen) atoms. The average molecular weight is 305 g/mol. The van der Waals surface area contributed by atoms with Crippen molar-refractivity contribution >= 4 is 35.5 Å². The summed E-state index contributed by atoms with van der Waals surface area (Å²) in [6.45, 7) is 0.385. The molecule has 0 unspecified atom stereocenters. The van der Waals surface area contributed by atoms with E-state index in [1.54, 1.807) is 12.1 Å². The molecule has 0 fully saturated rings. The van der Waals surface area contributed by atoms with Crippen molar-refractivity contribution in [2.75, 3.05) is 13.7 Å². The molecule has 1 aromatic carbocycles. The molecular weight excluding hydrogens is 291 g/mol. The molecule has 0 saturated heterocycles. The molecule has 0 radical (unpaired) electrons. The Morgan fingerprint density at radius 3 is 2.68 bits per heavy atom. The maximum Gasteiger partial charge on any atom is 0.305 e. The average Bonchev–Trinajstić information content (AvgIpc) is 2.42. The van der Waals surface area contributed by atoms with Crippen molar-refractivity contribution in [3.05, 3.63) is 27.7 Å². The maximum atomic E-state index is 10.9. The molecule has 0 spiro atoms. The molecule has 0 saturated carbocycles. The number of unbranched alkanes of at least 4 members (excludes halogenated alkanes) is 1. The number of ether oxygens (including phenoxy) is 2. The predicted octanol–water partition coefficient (Wildman–Crippen LogP) is 3.53. The Kier molecular flexibility index (Phi) is 6.67. The van der Waals surface area contributed by atoms with Crippen LogP contribution in [0.25, 0.3) is 0 Å². The molecular formula is C13H14Cl2O4. The standard InChI is InChI=1S/C13H14Cl2O4/c1-18-12(17)4-2-3-7-19-11-6-5-10(14)13(15)9(11)8-16/h5-6,8H,2-4,7H2,1H3. The van der Waals surface area contributed by atoms with E-state index in [-0.39, 0.29) is 16.6 Å². The van der Waals surface area contributed by atoms with E-state index in [2.05, 4.69) is 4.74 Å². The van der Waals surface area contributed by atoms with Gasteiger partial charge in [-0.2, -0.15) is 0 Å². The van der Waals surface area contributed by atoms with Crippen LogP contribution in [0.1, 0.15) is 29.6 Å². The maximum absolute atomic E-state index is 10.9. The van der Waals surface area contributed by atoms with Gasteiger partial charge in [0.1, 0.15) is 5.75 Å². The summed E-state index contributed by atoms with van der Waals surface area (Å²) in [7, 11) is 1.35. The predicted molar refractivity (Wildman–Crippen MR) is 73.2 cm³/mol. The Labute approximate surface area is 121 Å². The SMILES string of the molecule is COC(=O)CCCCOc1ccc(Cl)c(Cl)c1C=O. The Hall–Kier alpha value is -1.26. The van der Waals surface area contributed by atoms with Gasteiger partial charge in [-0.1, -0.05) is 23.2 Å². The largest absolute Gasteiger partial charge is 0.493 e. The highest BCUT2D eigenvalue weighted by Crippen LogP contribution is 2.31. The summed E-state index contributed by atoms with van der Waals surface area (Å²) in [4.78, 5) is 21.8. The first-order valence-electron chi connectivity index (χ1n) is 5.73. The number of aldehydes is 1. The van der Waals surface area contributed by atoms with Crippen LogP contribution >= 0.6 is 23.2 Å². The van der Waals surface area contributed by atoms with Gasteiger partial charge in [0.15, 0.2) is 6.29 Å². The van der Waals surface area contributed by atoms with Crippen molar-refractivity contribution in [1.29, 1.82) is 0 Å². The van der Waals surface area contributed by atoms with E-state index in [9.17, 15) is 9.59 Å². The zero-order chi connectivity index (χ0) is 14.3. The minimum atomic E-state index is -0.247. The van der Waals surface area contributed by atoms with E-state index >= 15 is 0 Å². The molecule has 0 atom stereocenters. The monoisotopic (exact) mass is 304 g/mol. The molecule has 0 amide bonds. The summed E-state index contributed by atoms with van der Waals surface area (Å²) in [5, 5.41) is 0.491. The molecule has 0 aromatic heterocycles. The zero-order valence-corrected chi connectivity index (χ0v) is 12.0. The molecule has 0 aliphatic carbocycles. The second-order valence-electron chi connectivity index (χ2n) is 3.77. The number of methoxy groups -OCH3 is 1. The molecule has 0 N–H and O–H groups in total. The quantitative estimate of drug-likeness (QED) is 0.439. The fourth-order valence-electron chi connectivity index (χ4n) is 1.44. The van der Waals surface area contributed by atoms with Crippen molar-refractivity contribution in [2.45, 2.75) is 19.3 Å². The Morgan fingerprint density at radius 2 is 2.05 bits per heavy atom. The molecule has 0 bridgehead atoms. The molecule has 104 valence electrons. The topological polar surface area (TPSA) is 52.6 Å². The van der Waals surface area contributed by atoms with Gasteiger partial charge in [0.2, 0.25) is 0 Å². The van der Waals surface area contributed by atoms with Crippen LogP contribution in [0.15, 0.2) is 12.1 Å². The van der Waals surface area contributed by atoms with Gasteiger partial charge in [0.05, 0.1) is 29.3 Å². The van der Waals surface area contributed by atoms with Gasteiger partial charge in [0, 0.05) is 6.42 Å². The van der Waals surface area contributed by atoms with Crippen molar-refractivity contribution < 1.29 is 19.1 Å². The van der Waals surface area contributed by atoms with Crippen molar-refractivity contribution in [3.8, 4) is 5.75 Å². The van der Waals surface area contributed by atoms with E-state index in [4.69, 9.17) is 27.9 Å². The number of rotatable bonds is 7. The highest BCUT2D eigenvalue weighted by molar-refractivity contribution is 6.43. The van der Waals surface area contributed by atoms with E-state index in [0.717, 1.165) is 0 Å². The Bertz CT molecular complexity index is 460. The van der Waals surface area contributed by atoms with Crippen LogP contribution in [-0.2, 0) is 9.53 Å². The number of halogens is 2. The second-order valence-corrected chi connectivity index (χ2v) is 4.56. The normalized spacial score (nSPS) is 10.1. The summed E-state index contributed by atoms with van der Waals surface area (Å²) in [6.07, 6.45) is 2.29. The highest BCUT2D eigenvalue weighted by Gasteiger charge is 2.11. The van der Waals surface area contributed by atoms with E-state index < -0.39 is 0 Å². The van der Waals surface area contributed by atoms with Crippen molar-refractivity contribution in [3.63, 3.8) is 0 Å². The molecule has 0 aliphatic rings. The van der Waals surface area contributed by atoms with E-state index in [1.165, 1.54) is 7.11 Å². The smallest absolute Gasteiger partial charge is 0.305 e. The number of carbonyl (C=O) groups excluding carboxylic acids is 2. The summed E-state index contributed by atoms with van der Waals surface area (Å²) in [5.41, 5.74) is 0.238. The van der Waals surface area contributed by atoms with Crippen LogP contribution in [0, 0.1) is 0 Å². The number of hydrogen-bond donors (Lipinski definition) is 0. The third-order valence-electron chi connectivity index (χ3n) is 2.47. The molecule has 0 aliphatic heterocycles. The molecule has 6 heteroatoms. The van der Waals surface area contributed by atoms with Gasteiger partial charge in [0.25, 0.3) is 0 Å². The van der Waals surface area contributed by atoms with Crippen LogP contribution < -0.4 is 4.74 Å². The van der Waals surface area contributed by atoms with Gasteiger partial charge in [-0.15, -0.1) is 0 Å². The van der Waals surface area contributed by atoms with Gasteiger partial charge in [-0.25, -0.2) is 0 Å². The van der Waals surface area contributed by atoms with Gasteiger partial charge in [-0.3, -0.25) is 9.59 Å². The molecule has 1 rings (SSSR count). The van der Waals surface area contributed by atoms with Crippen LogP contribution in [0.2, 0.25) is 10.0 Å². The molecule has 4 nitrogen and oxygen atoms in total.